The molecule has 0 fully saturated rings. The van der Waals surface area contributed by atoms with Gasteiger partial charge < -0.3 is 0 Å². The van der Waals surface area contributed by atoms with Crippen molar-refractivity contribution in [3.05, 3.63) is 30.5 Å². The summed E-state index contributed by atoms with van der Waals surface area (Å²) in [5, 5.41) is 1.20. The average molecular weight is 232 g/mol. The molecule has 3 aromatic rings. The third-order valence-electron chi connectivity index (χ3n) is 2.28. The van der Waals surface area contributed by atoms with E-state index in [9.17, 15) is 0 Å². The lowest BCUT2D eigenvalue weighted by Crippen LogP contribution is -1.78. The molecule has 2 nitrogen and oxygen atoms in total. The number of benzene rings is 1. The summed E-state index contributed by atoms with van der Waals surface area (Å²) >= 11 is 3.42. The van der Waals surface area contributed by atoms with Gasteiger partial charge in [-0.2, -0.15) is 0 Å². The van der Waals surface area contributed by atoms with Crippen molar-refractivity contribution in [1.82, 2.24) is 9.97 Å². The first-order valence-electron chi connectivity index (χ1n) is 4.57. The van der Waals surface area contributed by atoms with Crippen LogP contribution in [0.2, 0.25) is 0 Å². The Kier molecular flexibility index (Phi) is 2.11. The number of rotatable bonds is 1. The summed E-state index contributed by atoms with van der Waals surface area (Å²) in [5.41, 5.74) is 2.05. The third-order valence-corrected chi connectivity index (χ3v) is 4.37. The van der Waals surface area contributed by atoms with E-state index in [1.807, 2.05) is 30.7 Å². The fourth-order valence-electron chi connectivity index (χ4n) is 1.59. The Balaban J connectivity index is 2.47. The Morgan fingerprint density at radius 3 is 2.93 bits per heavy atom. The standard InChI is InChI=1S/C11H8N2S2/c1-14-11-13-9-6-12-8-5-3-2-4-7(8)10(9)15-11/h2-6H,1H3. The monoisotopic (exact) mass is 232 g/mol. The molecule has 0 unspecified atom stereocenters. The first-order chi connectivity index (χ1) is 7.38. The van der Waals surface area contributed by atoms with Crippen LogP contribution in [0.4, 0.5) is 0 Å². The van der Waals surface area contributed by atoms with Crippen LogP contribution in [0.25, 0.3) is 21.1 Å². The van der Waals surface area contributed by atoms with Crippen LogP contribution in [0.3, 0.4) is 0 Å². The van der Waals surface area contributed by atoms with E-state index in [0.29, 0.717) is 0 Å². The number of aromatic nitrogens is 2. The van der Waals surface area contributed by atoms with Crippen molar-refractivity contribution in [2.75, 3.05) is 6.26 Å². The molecule has 3 rings (SSSR count). The number of thiazole rings is 1. The summed E-state index contributed by atoms with van der Waals surface area (Å²) in [4.78, 5) is 8.89. The Morgan fingerprint density at radius 2 is 2.07 bits per heavy atom. The number of hydrogen-bond acceptors (Lipinski definition) is 4. The van der Waals surface area contributed by atoms with Gasteiger partial charge in [-0.3, -0.25) is 4.98 Å². The SMILES string of the molecule is CSc1nc2cnc3ccccc3c2s1. The van der Waals surface area contributed by atoms with Crippen molar-refractivity contribution >= 4 is 44.2 Å². The number of pyridine rings is 1. The first-order valence-corrected chi connectivity index (χ1v) is 6.61. The highest BCUT2D eigenvalue weighted by Crippen LogP contribution is 2.32. The lowest BCUT2D eigenvalue weighted by atomic mass is 10.2. The first kappa shape index (κ1) is 9.12. The van der Waals surface area contributed by atoms with Crippen molar-refractivity contribution in [3.8, 4) is 0 Å². The van der Waals surface area contributed by atoms with E-state index in [0.717, 1.165) is 15.4 Å². The maximum atomic E-state index is 4.50. The second kappa shape index (κ2) is 3.47. The van der Waals surface area contributed by atoms with Crippen LogP contribution in [-0.2, 0) is 0 Å². The lowest BCUT2D eigenvalue weighted by molar-refractivity contribution is 1.29. The molecule has 0 aliphatic rings. The van der Waals surface area contributed by atoms with Crippen LogP contribution in [0.5, 0.6) is 0 Å². The Labute approximate surface area is 95.4 Å². The van der Waals surface area contributed by atoms with Crippen molar-refractivity contribution < 1.29 is 0 Å². The average Bonchev–Trinajstić information content (AvgIpc) is 2.72. The molecule has 0 amide bonds. The molecule has 2 aromatic heterocycles. The molecule has 0 atom stereocenters. The minimum absolute atomic E-state index is 1.00. The van der Waals surface area contributed by atoms with Gasteiger partial charge in [0.05, 0.1) is 16.4 Å². The molecule has 0 bridgehead atoms. The number of thioether (sulfide) groups is 1. The van der Waals surface area contributed by atoms with E-state index in [-0.39, 0.29) is 0 Å². The molecule has 0 saturated carbocycles. The number of fused-ring (bicyclic) bond motifs is 3. The molecule has 2 heterocycles. The van der Waals surface area contributed by atoms with E-state index >= 15 is 0 Å². The fraction of sp³-hybridized carbons (Fsp3) is 0.0909. The van der Waals surface area contributed by atoms with Crippen molar-refractivity contribution in [3.63, 3.8) is 0 Å². The zero-order chi connectivity index (χ0) is 10.3. The van der Waals surface area contributed by atoms with Gasteiger partial charge in [-0.15, -0.1) is 11.3 Å². The minimum Gasteiger partial charge on any atom is -0.254 e. The van der Waals surface area contributed by atoms with E-state index in [4.69, 9.17) is 0 Å². The van der Waals surface area contributed by atoms with Gasteiger partial charge in [0.15, 0.2) is 4.34 Å². The number of nitrogens with zero attached hydrogens (tertiary/aromatic N) is 2. The smallest absolute Gasteiger partial charge is 0.150 e. The Morgan fingerprint density at radius 1 is 1.20 bits per heavy atom. The molecule has 74 valence electrons. The van der Waals surface area contributed by atoms with Crippen LogP contribution in [0.1, 0.15) is 0 Å². The lowest BCUT2D eigenvalue weighted by Gasteiger charge is -1.95. The topological polar surface area (TPSA) is 25.8 Å². The maximum absolute atomic E-state index is 4.50. The summed E-state index contributed by atoms with van der Waals surface area (Å²) in [6, 6.07) is 8.19. The highest BCUT2D eigenvalue weighted by molar-refractivity contribution is 8.00. The second-order valence-corrected chi connectivity index (χ2v) is 5.23. The molecule has 0 radical (unpaired) electrons. The van der Waals surface area contributed by atoms with E-state index in [2.05, 4.69) is 16.0 Å². The fourth-order valence-corrected chi connectivity index (χ4v) is 3.17. The van der Waals surface area contributed by atoms with E-state index in [1.165, 1.54) is 10.1 Å². The van der Waals surface area contributed by atoms with E-state index < -0.39 is 0 Å². The molecule has 15 heavy (non-hydrogen) atoms. The maximum Gasteiger partial charge on any atom is 0.150 e. The Bertz CT molecular complexity index is 631. The minimum atomic E-state index is 1.00. The molecular weight excluding hydrogens is 224 g/mol. The van der Waals surface area contributed by atoms with Crippen LogP contribution < -0.4 is 0 Å². The predicted octanol–water partition coefficient (Wildman–Crippen LogP) is 3.57. The number of para-hydroxylation sites is 1. The molecule has 0 aliphatic heterocycles. The quantitative estimate of drug-likeness (QED) is 0.600. The zero-order valence-electron chi connectivity index (χ0n) is 8.10. The van der Waals surface area contributed by atoms with Gasteiger partial charge in [-0.25, -0.2) is 4.98 Å². The predicted molar refractivity (Wildman–Crippen MR) is 66.7 cm³/mol. The van der Waals surface area contributed by atoms with Crippen LogP contribution in [-0.4, -0.2) is 16.2 Å². The molecule has 0 spiro atoms. The normalized spacial score (nSPS) is 11.3. The van der Waals surface area contributed by atoms with Crippen LogP contribution in [0, 0.1) is 0 Å². The third kappa shape index (κ3) is 1.41. The summed E-state index contributed by atoms with van der Waals surface area (Å²) in [7, 11) is 0. The Hall–Kier alpha value is -1.13. The van der Waals surface area contributed by atoms with Crippen molar-refractivity contribution in [2.24, 2.45) is 0 Å². The number of hydrogen-bond donors (Lipinski definition) is 0. The van der Waals surface area contributed by atoms with Gasteiger partial charge in [0, 0.05) is 5.39 Å². The van der Waals surface area contributed by atoms with Gasteiger partial charge >= 0.3 is 0 Å². The van der Waals surface area contributed by atoms with Gasteiger partial charge in [-0.05, 0) is 12.3 Å². The van der Waals surface area contributed by atoms with Crippen LogP contribution in [0.15, 0.2) is 34.8 Å². The van der Waals surface area contributed by atoms with Gasteiger partial charge in [-0.1, -0.05) is 30.0 Å². The summed E-state index contributed by atoms with van der Waals surface area (Å²) in [6.45, 7) is 0. The van der Waals surface area contributed by atoms with Gasteiger partial charge in [0.2, 0.25) is 0 Å². The molecule has 0 N–H and O–H groups in total. The summed E-state index contributed by atoms with van der Waals surface area (Å²) in [5.74, 6) is 0. The van der Waals surface area contributed by atoms with Gasteiger partial charge in [0.1, 0.15) is 5.52 Å². The van der Waals surface area contributed by atoms with Gasteiger partial charge in [0.25, 0.3) is 0 Å². The molecule has 1 aromatic carbocycles. The van der Waals surface area contributed by atoms with E-state index in [1.54, 1.807) is 23.1 Å². The van der Waals surface area contributed by atoms with Crippen molar-refractivity contribution in [2.45, 2.75) is 4.34 Å². The molecular formula is C11H8N2S2. The second-order valence-electron chi connectivity index (χ2n) is 3.17. The molecule has 0 saturated heterocycles. The highest BCUT2D eigenvalue weighted by atomic mass is 32.2. The summed E-state index contributed by atoms with van der Waals surface area (Å²) < 4.78 is 2.34. The van der Waals surface area contributed by atoms with Crippen LogP contribution >= 0.6 is 23.1 Å². The molecule has 4 heteroatoms. The highest BCUT2D eigenvalue weighted by Gasteiger charge is 2.06. The largest absolute Gasteiger partial charge is 0.254 e. The van der Waals surface area contributed by atoms with Crippen molar-refractivity contribution in [1.29, 1.82) is 0 Å². The summed E-state index contributed by atoms with van der Waals surface area (Å²) in [6.07, 6.45) is 3.90. The molecule has 0 aliphatic carbocycles. The zero-order valence-corrected chi connectivity index (χ0v) is 9.73.